The molecule has 0 unspecified atom stereocenters. The van der Waals surface area contributed by atoms with Crippen LogP contribution in [0.15, 0.2) is 29.3 Å². The zero-order valence-electron chi connectivity index (χ0n) is 16.6. The van der Waals surface area contributed by atoms with Crippen LogP contribution in [0.25, 0.3) is 0 Å². The first kappa shape index (κ1) is 22.5. The molecule has 1 heterocycles. The molecule has 6 heteroatoms. The van der Waals surface area contributed by atoms with Crippen molar-refractivity contribution in [2.24, 2.45) is 12.0 Å². The molecule has 2 aromatic rings. The van der Waals surface area contributed by atoms with Gasteiger partial charge in [0.2, 0.25) is 0 Å². The summed E-state index contributed by atoms with van der Waals surface area (Å²) in [5.74, 6) is 0.844. The van der Waals surface area contributed by atoms with Gasteiger partial charge in [-0.15, -0.1) is 24.0 Å². The van der Waals surface area contributed by atoms with Crippen molar-refractivity contribution in [1.82, 2.24) is 20.4 Å². The number of hydrogen-bond acceptors (Lipinski definition) is 2. The van der Waals surface area contributed by atoms with Crippen molar-refractivity contribution in [2.75, 3.05) is 6.54 Å². The molecule has 26 heavy (non-hydrogen) atoms. The van der Waals surface area contributed by atoms with Gasteiger partial charge in [0.25, 0.3) is 0 Å². The van der Waals surface area contributed by atoms with Gasteiger partial charge in [-0.2, -0.15) is 5.10 Å². The monoisotopic (exact) mass is 469 g/mol. The van der Waals surface area contributed by atoms with Crippen molar-refractivity contribution in [2.45, 2.75) is 53.6 Å². The summed E-state index contributed by atoms with van der Waals surface area (Å²) in [4.78, 5) is 4.71. The summed E-state index contributed by atoms with van der Waals surface area (Å²) in [6.07, 6.45) is 1.93. The van der Waals surface area contributed by atoms with Gasteiger partial charge in [-0.05, 0) is 32.3 Å². The predicted molar refractivity (Wildman–Crippen MR) is 120 cm³/mol. The number of hydrogen-bond donors (Lipinski definition) is 2. The Morgan fingerprint density at radius 2 is 1.77 bits per heavy atom. The average Bonchev–Trinajstić information content (AvgIpc) is 2.93. The quantitative estimate of drug-likeness (QED) is 0.369. The van der Waals surface area contributed by atoms with Crippen LogP contribution in [0.1, 0.15) is 48.8 Å². The lowest BCUT2D eigenvalue weighted by molar-refractivity contribution is 0.702. The Balaban J connectivity index is 0.00000338. The van der Waals surface area contributed by atoms with Crippen molar-refractivity contribution < 1.29 is 0 Å². The van der Waals surface area contributed by atoms with Crippen LogP contribution in [0.3, 0.4) is 0 Å². The lowest BCUT2D eigenvalue weighted by Crippen LogP contribution is -2.37. The number of aryl methyl sites for hydroxylation is 3. The molecule has 0 radical (unpaired) electrons. The summed E-state index contributed by atoms with van der Waals surface area (Å²) < 4.78 is 2.01. The Labute approximate surface area is 174 Å². The number of nitrogens with one attached hydrogen (secondary N) is 2. The van der Waals surface area contributed by atoms with Crippen molar-refractivity contribution in [3.8, 4) is 0 Å². The van der Waals surface area contributed by atoms with Crippen LogP contribution < -0.4 is 10.6 Å². The molecule has 1 aromatic heterocycles. The predicted octanol–water partition coefficient (Wildman–Crippen LogP) is 3.73. The molecular formula is C20H32IN5. The van der Waals surface area contributed by atoms with Crippen LogP contribution in [-0.2, 0) is 33.0 Å². The summed E-state index contributed by atoms with van der Waals surface area (Å²) in [5.41, 5.74) is 6.25. The van der Waals surface area contributed by atoms with E-state index in [0.29, 0.717) is 6.54 Å². The lowest BCUT2D eigenvalue weighted by atomic mass is 10.1. The molecule has 0 aliphatic rings. The van der Waals surface area contributed by atoms with Crippen LogP contribution >= 0.6 is 24.0 Å². The molecule has 0 saturated heterocycles. The fraction of sp³-hybridized carbons (Fsp3) is 0.500. The van der Waals surface area contributed by atoms with Gasteiger partial charge in [0.05, 0.1) is 12.2 Å². The highest BCUT2D eigenvalue weighted by Gasteiger charge is 2.13. The topological polar surface area (TPSA) is 54.2 Å². The van der Waals surface area contributed by atoms with E-state index in [1.807, 2.05) is 11.7 Å². The summed E-state index contributed by atoms with van der Waals surface area (Å²) in [7, 11) is 2.03. The van der Waals surface area contributed by atoms with Crippen molar-refractivity contribution in [1.29, 1.82) is 0 Å². The molecule has 1 aromatic carbocycles. The van der Waals surface area contributed by atoms with E-state index >= 15 is 0 Å². The van der Waals surface area contributed by atoms with Gasteiger partial charge >= 0.3 is 0 Å². The Hall–Kier alpha value is -1.57. The van der Waals surface area contributed by atoms with Crippen LogP contribution in [0.5, 0.6) is 0 Å². The number of aromatic nitrogens is 2. The SMILES string of the molecule is CCNC(=NCc1ccc(C)cc1)NCc1c(CC)nn(C)c1CC.I. The highest BCUT2D eigenvalue weighted by molar-refractivity contribution is 14.0. The highest BCUT2D eigenvalue weighted by Crippen LogP contribution is 2.15. The maximum Gasteiger partial charge on any atom is 0.191 e. The minimum Gasteiger partial charge on any atom is -0.357 e. The fourth-order valence-corrected chi connectivity index (χ4v) is 2.97. The molecule has 0 saturated carbocycles. The Morgan fingerprint density at radius 1 is 1.08 bits per heavy atom. The van der Waals surface area contributed by atoms with Gasteiger partial charge in [0, 0.05) is 31.4 Å². The second-order valence-electron chi connectivity index (χ2n) is 6.24. The van der Waals surface area contributed by atoms with E-state index in [1.54, 1.807) is 0 Å². The van der Waals surface area contributed by atoms with E-state index in [-0.39, 0.29) is 24.0 Å². The summed E-state index contributed by atoms with van der Waals surface area (Å²) >= 11 is 0. The molecule has 0 spiro atoms. The second kappa shape index (κ2) is 11.2. The van der Waals surface area contributed by atoms with Crippen LogP contribution in [-0.4, -0.2) is 22.3 Å². The molecular weight excluding hydrogens is 437 g/mol. The zero-order valence-corrected chi connectivity index (χ0v) is 18.9. The third kappa shape index (κ3) is 6.00. The number of halogens is 1. The molecule has 2 rings (SSSR count). The first-order valence-corrected chi connectivity index (χ1v) is 9.20. The number of guanidine groups is 1. The highest BCUT2D eigenvalue weighted by atomic mass is 127. The van der Waals surface area contributed by atoms with E-state index in [4.69, 9.17) is 4.99 Å². The summed E-state index contributed by atoms with van der Waals surface area (Å²) in [5, 5.41) is 11.4. The molecule has 144 valence electrons. The van der Waals surface area contributed by atoms with E-state index in [1.165, 1.54) is 28.1 Å². The van der Waals surface area contributed by atoms with E-state index in [9.17, 15) is 0 Å². The number of benzene rings is 1. The van der Waals surface area contributed by atoms with E-state index in [2.05, 4.69) is 67.7 Å². The average molecular weight is 469 g/mol. The Morgan fingerprint density at radius 3 is 2.35 bits per heavy atom. The Bertz CT molecular complexity index is 704. The van der Waals surface area contributed by atoms with Crippen LogP contribution in [0, 0.1) is 6.92 Å². The summed E-state index contributed by atoms with van der Waals surface area (Å²) in [6.45, 7) is 10.8. The van der Waals surface area contributed by atoms with E-state index in [0.717, 1.165) is 31.9 Å². The molecule has 0 aliphatic heterocycles. The maximum absolute atomic E-state index is 4.71. The number of nitrogens with zero attached hydrogens (tertiary/aromatic N) is 3. The van der Waals surface area contributed by atoms with Gasteiger partial charge in [0.15, 0.2) is 5.96 Å². The second-order valence-corrected chi connectivity index (χ2v) is 6.24. The molecule has 0 amide bonds. The molecule has 2 N–H and O–H groups in total. The molecule has 0 fully saturated rings. The molecule has 0 aliphatic carbocycles. The normalized spacial score (nSPS) is 11.2. The van der Waals surface area contributed by atoms with Gasteiger partial charge in [-0.1, -0.05) is 43.7 Å². The standard InChI is InChI=1S/C20H31N5.HI/c1-6-18-17(19(7-2)25(5)24-18)14-23-20(21-8-3)22-13-16-11-9-15(4)10-12-16;/h9-12H,6-8,13-14H2,1-5H3,(H2,21,22,23);1H. The first-order valence-electron chi connectivity index (χ1n) is 9.20. The van der Waals surface area contributed by atoms with Crippen molar-refractivity contribution >= 4 is 29.9 Å². The van der Waals surface area contributed by atoms with Crippen LogP contribution in [0.2, 0.25) is 0 Å². The summed E-state index contributed by atoms with van der Waals surface area (Å²) in [6, 6.07) is 8.52. The number of rotatable bonds is 7. The minimum absolute atomic E-state index is 0. The molecule has 5 nitrogen and oxygen atoms in total. The van der Waals surface area contributed by atoms with Gasteiger partial charge in [0.1, 0.15) is 0 Å². The molecule has 0 atom stereocenters. The number of aliphatic imine (C=N–C) groups is 1. The van der Waals surface area contributed by atoms with Crippen molar-refractivity contribution in [3.63, 3.8) is 0 Å². The van der Waals surface area contributed by atoms with Gasteiger partial charge in [-0.25, -0.2) is 4.99 Å². The van der Waals surface area contributed by atoms with Crippen molar-refractivity contribution in [3.05, 3.63) is 52.3 Å². The van der Waals surface area contributed by atoms with Gasteiger partial charge < -0.3 is 10.6 Å². The van der Waals surface area contributed by atoms with Gasteiger partial charge in [-0.3, -0.25) is 4.68 Å². The van der Waals surface area contributed by atoms with E-state index < -0.39 is 0 Å². The van der Waals surface area contributed by atoms with Crippen LogP contribution in [0.4, 0.5) is 0 Å². The largest absolute Gasteiger partial charge is 0.357 e. The molecule has 0 bridgehead atoms. The third-order valence-electron chi connectivity index (χ3n) is 4.34. The fourth-order valence-electron chi connectivity index (χ4n) is 2.97. The maximum atomic E-state index is 4.71. The third-order valence-corrected chi connectivity index (χ3v) is 4.34. The zero-order chi connectivity index (χ0) is 18.2. The Kier molecular flexibility index (Phi) is 9.69. The lowest BCUT2D eigenvalue weighted by Gasteiger charge is -2.12. The smallest absolute Gasteiger partial charge is 0.191 e. The first-order chi connectivity index (χ1) is 12.1. The minimum atomic E-state index is 0.